The van der Waals surface area contributed by atoms with Gasteiger partial charge in [0.15, 0.2) is 0 Å². The average molecular weight is 356 g/mol. The van der Waals surface area contributed by atoms with Crippen molar-refractivity contribution in [2.24, 2.45) is 0 Å². The molecule has 2 heterocycles. The van der Waals surface area contributed by atoms with Gasteiger partial charge < -0.3 is 5.32 Å². The monoisotopic (exact) mass is 355 g/mol. The number of carbonyl (C=O) groups excluding carboxylic acids is 1. The summed E-state index contributed by atoms with van der Waals surface area (Å²) in [4.78, 5) is 17.6. The second-order valence-corrected chi connectivity index (χ2v) is 6.62. The molecule has 0 saturated heterocycles. The summed E-state index contributed by atoms with van der Waals surface area (Å²) in [7, 11) is 0. The molecule has 1 atom stereocenters. The number of nitrogens with one attached hydrogen (secondary N) is 1. The first-order valence-electron chi connectivity index (χ1n) is 8.61. The minimum Gasteiger partial charge on any atom is -0.320 e. The Bertz CT molecular complexity index is 916. The van der Waals surface area contributed by atoms with Gasteiger partial charge in [-0.05, 0) is 36.5 Å². The van der Waals surface area contributed by atoms with Crippen LogP contribution in [0.15, 0.2) is 42.6 Å². The summed E-state index contributed by atoms with van der Waals surface area (Å²) < 4.78 is 1.80. The van der Waals surface area contributed by atoms with Gasteiger partial charge in [0, 0.05) is 23.0 Å². The molecule has 2 aromatic heterocycles. The van der Waals surface area contributed by atoms with E-state index in [9.17, 15) is 4.79 Å². The quantitative estimate of drug-likeness (QED) is 0.673. The summed E-state index contributed by atoms with van der Waals surface area (Å²) in [6.07, 6.45) is 3.48. The van der Waals surface area contributed by atoms with Crippen LogP contribution in [0.5, 0.6) is 0 Å². The number of fused-ring (bicyclic) bond motifs is 1. The number of carbonyl (C=O) groups is 1. The van der Waals surface area contributed by atoms with Crippen molar-refractivity contribution in [3.63, 3.8) is 0 Å². The third kappa shape index (κ3) is 3.40. The van der Waals surface area contributed by atoms with Crippen LogP contribution in [-0.4, -0.2) is 15.3 Å². The van der Waals surface area contributed by atoms with Crippen molar-refractivity contribution in [3.8, 4) is 0 Å². The van der Waals surface area contributed by atoms with Crippen molar-refractivity contribution in [1.29, 1.82) is 0 Å². The minimum atomic E-state index is -0.151. The molecule has 0 aliphatic rings. The average Bonchev–Trinajstić information content (AvgIpc) is 2.99. The number of amides is 1. The van der Waals surface area contributed by atoms with Gasteiger partial charge in [-0.3, -0.25) is 9.20 Å². The molecule has 0 saturated carbocycles. The Balaban J connectivity index is 2.01. The number of anilines is 1. The number of rotatable bonds is 5. The van der Waals surface area contributed by atoms with E-state index in [2.05, 4.69) is 30.2 Å². The fraction of sp³-hybridized carbons (Fsp3) is 0.300. The van der Waals surface area contributed by atoms with Crippen molar-refractivity contribution in [2.45, 2.75) is 39.5 Å². The lowest BCUT2D eigenvalue weighted by Crippen LogP contribution is -2.17. The lowest BCUT2D eigenvalue weighted by atomic mass is 9.97. The zero-order valence-electron chi connectivity index (χ0n) is 14.7. The number of hydrogen-bond donors (Lipinski definition) is 1. The summed E-state index contributed by atoms with van der Waals surface area (Å²) in [6.45, 7) is 6.30. The zero-order valence-corrected chi connectivity index (χ0v) is 15.5. The Morgan fingerprint density at radius 1 is 1.28 bits per heavy atom. The van der Waals surface area contributed by atoms with Crippen LogP contribution < -0.4 is 5.32 Å². The van der Waals surface area contributed by atoms with E-state index >= 15 is 0 Å². The largest absolute Gasteiger partial charge is 0.320 e. The Morgan fingerprint density at radius 2 is 2.04 bits per heavy atom. The Hall–Kier alpha value is -2.33. The summed E-state index contributed by atoms with van der Waals surface area (Å²) in [5, 5.41) is 3.68. The van der Waals surface area contributed by atoms with Gasteiger partial charge in [-0.15, -0.1) is 0 Å². The van der Waals surface area contributed by atoms with Crippen LogP contribution in [-0.2, 0) is 6.42 Å². The van der Waals surface area contributed by atoms with Gasteiger partial charge in [-0.2, -0.15) is 0 Å². The van der Waals surface area contributed by atoms with E-state index in [1.54, 1.807) is 22.7 Å². The molecule has 130 valence electrons. The molecule has 1 amide bonds. The third-order valence-electron chi connectivity index (χ3n) is 4.56. The smallest absolute Gasteiger partial charge is 0.274 e. The summed E-state index contributed by atoms with van der Waals surface area (Å²) >= 11 is 6.05. The third-order valence-corrected chi connectivity index (χ3v) is 4.80. The number of hydrogen-bond acceptors (Lipinski definition) is 2. The topological polar surface area (TPSA) is 46.4 Å². The minimum absolute atomic E-state index is 0.151. The molecule has 3 rings (SSSR count). The van der Waals surface area contributed by atoms with E-state index in [1.165, 1.54) is 0 Å². The molecule has 3 aromatic rings. The number of halogens is 1. The first kappa shape index (κ1) is 17.5. The van der Waals surface area contributed by atoms with Gasteiger partial charge in [0.05, 0.1) is 5.69 Å². The molecule has 1 aromatic carbocycles. The highest BCUT2D eigenvalue weighted by molar-refractivity contribution is 6.30. The first-order chi connectivity index (χ1) is 12.0. The molecular weight excluding hydrogens is 334 g/mol. The highest BCUT2D eigenvalue weighted by Crippen LogP contribution is 2.27. The molecule has 0 aliphatic carbocycles. The maximum Gasteiger partial charge on any atom is 0.274 e. The molecule has 0 radical (unpaired) electrons. The highest BCUT2D eigenvalue weighted by atomic mass is 35.5. The standard InChI is InChI=1S/C20H22ClN3O/c1-4-13(3)15-8-6-7-9-17(15)23-20(25)19-16(5-2)22-18-12-14(21)10-11-24(18)19/h6-13H,4-5H2,1-3H3,(H,23,25). The molecule has 4 nitrogen and oxygen atoms in total. The summed E-state index contributed by atoms with van der Waals surface area (Å²) in [5.41, 5.74) is 4.01. The van der Waals surface area contributed by atoms with E-state index < -0.39 is 0 Å². The van der Waals surface area contributed by atoms with E-state index in [0.717, 1.165) is 23.4 Å². The maximum atomic E-state index is 13.0. The van der Waals surface area contributed by atoms with E-state index in [-0.39, 0.29) is 5.91 Å². The number of pyridine rings is 1. The van der Waals surface area contributed by atoms with Crippen molar-refractivity contribution in [1.82, 2.24) is 9.38 Å². The molecule has 0 bridgehead atoms. The summed E-state index contributed by atoms with van der Waals surface area (Å²) in [6, 6.07) is 11.5. The SMILES string of the molecule is CCc1nc2cc(Cl)ccn2c1C(=O)Nc1ccccc1C(C)CC. The molecule has 0 fully saturated rings. The Morgan fingerprint density at radius 3 is 2.76 bits per heavy atom. The van der Waals surface area contributed by atoms with Gasteiger partial charge in [-0.25, -0.2) is 4.98 Å². The normalized spacial score (nSPS) is 12.3. The van der Waals surface area contributed by atoms with Crippen molar-refractivity contribution in [2.75, 3.05) is 5.32 Å². The van der Waals surface area contributed by atoms with E-state index in [0.29, 0.717) is 28.7 Å². The lowest BCUT2D eigenvalue weighted by Gasteiger charge is -2.15. The number of aromatic nitrogens is 2. The zero-order chi connectivity index (χ0) is 18.0. The second-order valence-electron chi connectivity index (χ2n) is 6.18. The van der Waals surface area contributed by atoms with Gasteiger partial charge in [0.2, 0.25) is 0 Å². The van der Waals surface area contributed by atoms with E-state index in [1.807, 2.05) is 25.1 Å². The van der Waals surface area contributed by atoms with Crippen LogP contribution in [0.4, 0.5) is 5.69 Å². The lowest BCUT2D eigenvalue weighted by molar-refractivity contribution is 0.102. The fourth-order valence-corrected chi connectivity index (χ4v) is 3.15. The number of para-hydroxylation sites is 1. The van der Waals surface area contributed by atoms with Crippen molar-refractivity contribution in [3.05, 3.63) is 64.6 Å². The van der Waals surface area contributed by atoms with Gasteiger partial charge in [0.25, 0.3) is 5.91 Å². The molecule has 0 aliphatic heterocycles. The fourth-order valence-electron chi connectivity index (χ4n) is 3.00. The summed E-state index contributed by atoms with van der Waals surface area (Å²) in [5.74, 6) is 0.227. The van der Waals surface area contributed by atoms with Crippen LogP contribution in [0, 0.1) is 0 Å². The van der Waals surface area contributed by atoms with Crippen molar-refractivity contribution >= 4 is 28.8 Å². The maximum absolute atomic E-state index is 13.0. The highest BCUT2D eigenvalue weighted by Gasteiger charge is 2.20. The molecular formula is C20H22ClN3O. The predicted octanol–water partition coefficient (Wildman–Crippen LogP) is 5.32. The van der Waals surface area contributed by atoms with Gasteiger partial charge >= 0.3 is 0 Å². The second kappa shape index (κ2) is 7.28. The van der Waals surface area contributed by atoms with Crippen molar-refractivity contribution < 1.29 is 4.79 Å². The molecule has 25 heavy (non-hydrogen) atoms. The Kier molecular flexibility index (Phi) is 5.09. The molecule has 1 N–H and O–H groups in total. The Labute approximate surface area is 152 Å². The molecule has 0 spiro atoms. The van der Waals surface area contributed by atoms with Gasteiger partial charge in [-0.1, -0.05) is 50.6 Å². The molecule has 1 unspecified atom stereocenters. The van der Waals surface area contributed by atoms with Crippen LogP contribution >= 0.6 is 11.6 Å². The predicted molar refractivity (Wildman–Crippen MR) is 103 cm³/mol. The van der Waals surface area contributed by atoms with Crippen LogP contribution in [0.3, 0.4) is 0 Å². The first-order valence-corrected chi connectivity index (χ1v) is 8.99. The number of benzene rings is 1. The van der Waals surface area contributed by atoms with Crippen LogP contribution in [0.2, 0.25) is 5.02 Å². The molecule has 5 heteroatoms. The number of nitrogens with zero attached hydrogens (tertiary/aromatic N) is 2. The number of aryl methyl sites for hydroxylation is 1. The van der Waals surface area contributed by atoms with Crippen LogP contribution in [0.1, 0.15) is 54.9 Å². The van der Waals surface area contributed by atoms with Gasteiger partial charge in [0.1, 0.15) is 11.3 Å². The van der Waals surface area contributed by atoms with E-state index in [4.69, 9.17) is 11.6 Å². The van der Waals surface area contributed by atoms with Crippen LogP contribution in [0.25, 0.3) is 5.65 Å². The number of imidazole rings is 1.